The Kier molecular flexibility index (Phi) is 12.3. The van der Waals surface area contributed by atoms with Crippen LogP contribution >= 0.6 is 209 Å². The largest absolute Gasteiger partial charge is 0.370 e. The smallest absolute Gasteiger partial charge is 0.226 e. The van der Waals surface area contributed by atoms with E-state index in [2.05, 4.69) is 0 Å². The second kappa shape index (κ2) is 10.6. The van der Waals surface area contributed by atoms with E-state index >= 15 is 0 Å². The van der Waals surface area contributed by atoms with E-state index in [1.54, 1.807) is 0 Å². The van der Waals surface area contributed by atoms with Crippen LogP contribution in [-0.4, -0.2) is 45.8 Å². The lowest BCUT2D eigenvalue weighted by Gasteiger charge is -2.57. The Labute approximate surface area is 260 Å². The lowest BCUT2D eigenvalue weighted by Crippen LogP contribution is -2.77. The standard InChI is InChI=1S/C10H2Cl18O2/c11-1(2(12)13)3(14,29)5(16,17)4(15,9(23,24)25)8(22,30)6(18,19)7(20,21)10(26,27)28/h29-30H. The lowest BCUT2D eigenvalue weighted by atomic mass is 9.89. The second-order valence-electron chi connectivity index (χ2n) is 5.20. The third kappa shape index (κ3) is 5.51. The van der Waals surface area contributed by atoms with Crippen molar-refractivity contribution in [2.45, 2.75) is 35.6 Å². The highest BCUT2D eigenvalue weighted by molar-refractivity contribution is 6.80. The number of aliphatic hydroxyl groups is 2. The van der Waals surface area contributed by atoms with Crippen LogP contribution < -0.4 is 0 Å². The van der Waals surface area contributed by atoms with Crippen LogP contribution in [0.2, 0.25) is 0 Å². The molecule has 0 aliphatic rings. The highest BCUT2D eigenvalue weighted by Crippen LogP contribution is 2.72. The zero-order chi connectivity index (χ0) is 25.2. The van der Waals surface area contributed by atoms with Crippen molar-refractivity contribution in [3.8, 4) is 0 Å². The Balaban J connectivity index is 7.39. The molecule has 0 rings (SSSR count). The molecule has 2 nitrogen and oxygen atoms in total. The van der Waals surface area contributed by atoms with Gasteiger partial charge < -0.3 is 10.2 Å². The number of halogens is 18. The predicted molar refractivity (Wildman–Crippen MR) is 139 cm³/mol. The van der Waals surface area contributed by atoms with E-state index in [1.807, 2.05) is 0 Å². The molecule has 0 aromatic carbocycles. The first kappa shape index (κ1) is 34.9. The van der Waals surface area contributed by atoms with Crippen LogP contribution in [0.15, 0.2) is 9.52 Å². The van der Waals surface area contributed by atoms with E-state index < -0.39 is 45.1 Å². The Morgan fingerprint density at radius 2 is 0.800 bits per heavy atom. The maximum absolute atomic E-state index is 11.1. The number of alkyl halides is 15. The molecule has 0 amide bonds. The first-order valence-electron chi connectivity index (χ1n) is 6.10. The van der Waals surface area contributed by atoms with Crippen molar-refractivity contribution in [3.05, 3.63) is 9.52 Å². The van der Waals surface area contributed by atoms with E-state index in [4.69, 9.17) is 209 Å². The zero-order valence-electron chi connectivity index (χ0n) is 12.7. The van der Waals surface area contributed by atoms with Gasteiger partial charge in [-0.25, -0.2) is 0 Å². The Hall–Kier alpha value is 4.88. The third-order valence-corrected chi connectivity index (χ3v) is 13.3. The molecule has 180 valence electrons. The van der Waals surface area contributed by atoms with E-state index in [9.17, 15) is 10.2 Å². The van der Waals surface area contributed by atoms with Gasteiger partial charge in [-0.05, 0) is 0 Å². The van der Waals surface area contributed by atoms with Crippen LogP contribution in [0.4, 0.5) is 0 Å². The molecule has 0 saturated heterocycles. The molecule has 3 unspecified atom stereocenters. The highest BCUT2D eigenvalue weighted by atomic mass is 35.6. The molecule has 0 aromatic rings. The summed E-state index contributed by atoms with van der Waals surface area (Å²) in [5, 5.41) is 13.6. The number of rotatable bonds is 6. The van der Waals surface area contributed by atoms with Crippen LogP contribution in [0.25, 0.3) is 0 Å². The molecule has 0 bridgehead atoms. The van der Waals surface area contributed by atoms with Gasteiger partial charge in [-0.15, -0.1) is 11.6 Å². The maximum atomic E-state index is 11.1. The summed E-state index contributed by atoms with van der Waals surface area (Å²) in [4.78, 5) is -3.52. The van der Waals surface area contributed by atoms with Gasteiger partial charge in [-0.1, -0.05) is 197 Å². The van der Waals surface area contributed by atoms with Crippen LogP contribution in [-0.2, 0) is 0 Å². The highest BCUT2D eigenvalue weighted by Gasteiger charge is 2.84. The minimum absolute atomic E-state index is 0.880. The van der Waals surface area contributed by atoms with E-state index in [0.29, 0.717) is 0 Å². The molecule has 0 fully saturated rings. The maximum Gasteiger partial charge on any atom is 0.226 e. The summed E-state index contributed by atoms with van der Waals surface area (Å²) in [7, 11) is 0. The van der Waals surface area contributed by atoms with Crippen LogP contribution in [0.5, 0.6) is 0 Å². The molecule has 0 saturated carbocycles. The molecule has 0 heterocycles. The molecule has 30 heavy (non-hydrogen) atoms. The van der Waals surface area contributed by atoms with E-state index in [1.165, 1.54) is 0 Å². The van der Waals surface area contributed by atoms with Gasteiger partial charge in [0.1, 0.15) is 4.49 Å². The normalized spacial score (nSPS) is 20.8. The SMILES string of the molecule is OC(Cl)(C(Cl)=C(Cl)Cl)C(Cl)(Cl)C(Cl)(C(Cl)(Cl)Cl)C(O)(Cl)C(Cl)(Cl)C(Cl)(Cl)C(Cl)(Cl)Cl. The Bertz CT molecular complexity index is 680. The molecular weight excluding hydrogens is 790 g/mol. The molecule has 0 aliphatic carbocycles. The summed E-state index contributed by atoms with van der Waals surface area (Å²) < 4.78 is -16.6. The first-order valence-corrected chi connectivity index (χ1v) is 12.9. The van der Waals surface area contributed by atoms with Crippen molar-refractivity contribution in [1.82, 2.24) is 0 Å². The van der Waals surface area contributed by atoms with Gasteiger partial charge in [-0.3, -0.25) is 0 Å². The molecule has 3 atom stereocenters. The fraction of sp³-hybridized carbons (Fsp3) is 0.800. The predicted octanol–water partition coefficient (Wildman–Crippen LogP) is 9.97. The summed E-state index contributed by atoms with van der Waals surface area (Å²) in [6, 6.07) is 0. The van der Waals surface area contributed by atoms with Crippen molar-refractivity contribution in [2.75, 3.05) is 0 Å². The molecule has 0 spiro atoms. The fourth-order valence-corrected chi connectivity index (χ4v) is 7.13. The van der Waals surface area contributed by atoms with Gasteiger partial charge >= 0.3 is 0 Å². The minimum atomic E-state index is -3.73. The molecule has 0 radical (unpaired) electrons. The zero-order valence-corrected chi connectivity index (χ0v) is 26.3. The van der Waals surface area contributed by atoms with E-state index in [-0.39, 0.29) is 0 Å². The molecule has 2 N–H and O–H groups in total. The summed E-state index contributed by atoms with van der Waals surface area (Å²) in [5.74, 6) is 0. The molecule has 20 heteroatoms. The average molecular weight is 792 g/mol. The first-order chi connectivity index (χ1) is 12.6. The van der Waals surface area contributed by atoms with Crippen molar-refractivity contribution >= 4 is 209 Å². The topological polar surface area (TPSA) is 40.5 Å². The number of hydrogen-bond acceptors (Lipinski definition) is 2. The quantitative estimate of drug-likeness (QED) is 0.263. The summed E-state index contributed by atoms with van der Waals surface area (Å²) in [6.45, 7) is 0. The fourth-order valence-electron chi connectivity index (χ4n) is 1.67. The van der Waals surface area contributed by atoms with Gasteiger partial charge in [0, 0.05) is 0 Å². The van der Waals surface area contributed by atoms with Crippen LogP contribution in [0.3, 0.4) is 0 Å². The second-order valence-corrected chi connectivity index (χ2v) is 16.7. The Morgan fingerprint density at radius 3 is 1.03 bits per heavy atom. The van der Waals surface area contributed by atoms with Crippen molar-refractivity contribution in [1.29, 1.82) is 0 Å². The number of hydrogen-bond donors (Lipinski definition) is 2. The van der Waals surface area contributed by atoms with Crippen molar-refractivity contribution < 1.29 is 10.2 Å². The summed E-state index contributed by atoms with van der Waals surface area (Å²) >= 11 is 106. The van der Waals surface area contributed by atoms with Gasteiger partial charge in [0.2, 0.25) is 22.0 Å². The van der Waals surface area contributed by atoms with E-state index in [0.717, 1.165) is 0 Å². The average Bonchev–Trinajstić information content (AvgIpc) is 2.49. The van der Waals surface area contributed by atoms with Crippen molar-refractivity contribution in [3.63, 3.8) is 0 Å². The summed E-state index contributed by atoms with van der Waals surface area (Å²) in [6.07, 6.45) is 0. The molecular formula is C10H2Cl18O2. The van der Waals surface area contributed by atoms with Crippen LogP contribution in [0.1, 0.15) is 0 Å². The molecule has 0 aliphatic heterocycles. The van der Waals surface area contributed by atoms with Gasteiger partial charge in [-0.2, -0.15) is 0 Å². The monoisotopic (exact) mass is 783 g/mol. The minimum Gasteiger partial charge on any atom is -0.370 e. The van der Waals surface area contributed by atoms with Crippen LogP contribution in [0, 0.1) is 0 Å². The van der Waals surface area contributed by atoms with Crippen molar-refractivity contribution in [2.24, 2.45) is 0 Å². The summed E-state index contributed by atoms with van der Waals surface area (Å²) in [5.41, 5.74) is 0. The van der Waals surface area contributed by atoms with Gasteiger partial charge in [0.05, 0.1) is 5.03 Å². The Morgan fingerprint density at radius 1 is 0.467 bits per heavy atom. The van der Waals surface area contributed by atoms with Gasteiger partial charge in [0.25, 0.3) is 0 Å². The third-order valence-electron chi connectivity index (χ3n) is 3.32. The molecule has 0 aromatic heterocycles. The lowest BCUT2D eigenvalue weighted by molar-refractivity contribution is 0.0227. The van der Waals surface area contributed by atoms with Gasteiger partial charge in [0.15, 0.2) is 13.5 Å².